The Bertz CT molecular complexity index is 581. The molecule has 0 fully saturated rings. The van der Waals surface area contributed by atoms with Gasteiger partial charge in [-0.25, -0.2) is 9.61 Å². The fraction of sp³-hybridized carbons (Fsp3) is 0.111. The third-order valence-corrected chi connectivity index (χ3v) is 3.46. The smallest absolute Gasteiger partial charge is 0.298 e. The maximum absolute atomic E-state index is 11.8. The Morgan fingerprint density at radius 3 is 2.44 bits per heavy atom. The minimum atomic E-state index is -3.96. The molecule has 96 valence electrons. The van der Waals surface area contributed by atoms with Crippen molar-refractivity contribution in [3.05, 3.63) is 46.7 Å². The zero-order valence-corrected chi connectivity index (χ0v) is 9.75. The van der Waals surface area contributed by atoms with E-state index < -0.39 is 21.3 Å². The van der Waals surface area contributed by atoms with Gasteiger partial charge >= 0.3 is 0 Å². The molecule has 0 aromatic heterocycles. The van der Waals surface area contributed by atoms with Crippen LogP contribution in [0, 0.1) is 10.1 Å². The largest absolute Gasteiger partial charge is 0.326 e. The van der Waals surface area contributed by atoms with E-state index in [1.807, 2.05) is 0 Å². The Kier molecular flexibility index (Phi) is 3.28. The minimum absolute atomic E-state index is 0.143. The van der Waals surface area contributed by atoms with Crippen molar-refractivity contribution >= 4 is 15.8 Å². The number of hydrogen-bond donors (Lipinski definition) is 2. The maximum atomic E-state index is 11.8. The van der Waals surface area contributed by atoms with Crippen LogP contribution >= 0.6 is 0 Å². The fourth-order valence-electron chi connectivity index (χ4n) is 1.30. The second kappa shape index (κ2) is 4.72. The van der Waals surface area contributed by atoms with Gasteiger partial charge in [0.1, 0.15) is 0 Å². The minimum Gasteiger partial charge on any atom is -0.326 e. The summed E-state index contributed by atoms with van der Waals surface area (Å²) in [5.41, 5.74) is 4.92. The van der Waals surface area contributed by atoms with Crippen molar-refractivity contribution in [2.75, 3.05) is 0 Å². The second-order valence-corrected chi connectivity index (χ2v) is 4.94. The molecule has 1 unspecified atom stereocenters. The van der Waals surface area contributed by atoms with Gasteiger partial charge in [-0.2, -0.15) is 8.42 Å². The molecule has 2 N–H and O–H groups in total. The summed E-state index contributed by atoms with van der Waals surface area (Å²) in [7, 11) is -3.96. The average molecular weight is 271 g/mol. The standard InChI is InChI=1S/C9H9N3O5S/c13-12(14)7-1-3-8(4-2-7)18(15,16)17-9-5-6-10-11-9/h1-6,9-11H. The maximum Gasteiger partial charge on any atom is 0.298 e. The lowest BCUT2D eigenvalue weighted by atomic mass is 10.3. The molecular weight excluding hydrogens is 262 g/mol. The molecule has 0 bridgehead atoms. The molecule has 0 saturated heterocycles. The third-order valence-electron chi connectivity index (χ3n) is 2.15. The van der Waals surface area contributed by atoms with Crippen molar-refractivity contribution in [1.82, 2.24) is 10.9 Å². The average Bonchev–Trinajstić information content (AvgIpc) is 2.81. The van der Waals surface area contributed by atoms with Gasteiger partial charge in [0, 0.05) is 18.3 Å². The SMILES string of the molecule is O=[N+]([O-])c1ccc(S(=O)(=O)OC2C=CNN2)cc1. The van der Waals surface area contributed by atoms with E-state index in [0.717, 1.165) is 24.3 Å². The second-order valence-electron chi connectivity index (χ2n) is 3.37. The van der Waals surface area contributed by atoms with E-state index >= 15 is 0 Å². The lowest BCUT2D eigenvalue weighted by Gasteiger charge is -2.10. The van der Waals surface area contributed by atoms with Crippen molar-refractivity contribution in [3.63, 3.8) is 0 Å². The molecule has 0 radical (unpaired) electrons. The highest BCUT2D eigenvalue weighted by atomic mass is 32.2. The van der Waals surface area contributed by atoms with Crippen molar-refractivity contribution in [2.45, 2.75) is 11.1 Å². The van der Waals surface area contributed by atoms with Crippen LogP contribution in [0.2, 0.25) is 0 Å². The van der Waals surface area contributed by atoms with Crippen LogP contribution in [0.25, 0.3) is 0 Å². The molecule has 1 aliphatic rings. The summed E-state index contributed by atoms with van der Waals surface area (Å²) in [5, 5.41) is 10.4. The van der Waals surface area contributed by atoms with Crippen LogP contribution in [0.4, 0.5) is 5.69 Å². The molecule has 1 aromatic carbocycles. The summed E-state index contributed by atoms with van der Waals surface area (Å²) in [6.07, 6.45) is 2.17. The fourth-order valence-corrected chi connectivity index (χ4v) is 2.26. The number of nitrogens with zero attached hydrogens (tertiary/aromatic N) is 1. The lowest BCUT2D eigenvalue weighted by Crippen LogP contribution is -2.34. The van der Waals surface area contributed by atoms with Gasteiger partial charge in [-0.05, 0) is 18.2 Å². The van der Waals surface area contributed by atoms with E-state index in [0.29, 0.717) is 0 Å². The number of benzene rings is 1. The van der Waals surface area contributed by atoms with Crippen LogP contribution in [0.5, 0.6) is 0 Å². The zero-order valence-electron chi connectivity index (χ0n) is 8.94. The molecule has 0 aliphatic carbocycles. The molecule has 2 rings (SSSR count). The number of non-ortho nitro benzene ring substituents is 1. The van der Waals surface area contributed by atoms with E-state index in [-0.39, 0.29) is 10.6 Å². The van der Waals surface area contributed by atoms with Gasteiger partial charge in [0.25, 0.3) is 15.8 Å². The number of nitrogens with one attached hydrogen (secondary N) is 2. The van der Waals surface area contributed by atoms with Gasteiger partial charge in [-0.15, -0.1) is 0 Å². The summed E-state index contributed by atoms with van der Waals surface area (Å²) >= 11 is 0. The number of hydrazine groups is 1. The van der Waals surface area contributed by atoms with Crippen LogP contribution in [-0.2, 0) is 14.3 Å². The summed E-state index contributed by atoms with van der Waals surface area (Å²) in [6, 6.07) is 4.46. The van der Waals surface area contributed by atoms with Gasteiger partial charge in [-0.1, -0.05) is 0 Å². The Morgan fingerprint density at radius 1 is 1.28 bits per heavy atom. The molecule has 18 heavy (non-hydrogen) atoms. The normalized spacial score (nSPS) is 18.6. The third kappa shape index (κ3) is 2.64. The molecule has 0 amide bonds. The molecule has 1 aliphatic heterocycles. The Morgan fingerprint density at radius 2 is 1.94 bits per heavy atom. The Balaban J connectivity index is 2.18. The van der Waals surface area contributed by atoms with E-state index in [1.54, 1.807) is 0 Å². The van der Waals surface area contributed by atoms with Gasteiger partial charge in [-0.3, -0.25) is 10.1 Å². The number of nitro benzene ring substituents is 1. The number of hydrogen-bond acceptors (Lipinski definition) is 7. The molecule has 0 spiro atoms. The van der Waals surface area contributed by atoms with Crippen LogP contribution in [0.3, 0.4) is 0 Å². The van der Waals surface area contributed by atoms with Crippen LogP contribution < -0.4 is 10.9 Å². The molecule has 9 heteroatoms. The molecule has 0 saturated carbocycles. The first kappa shape index (κ1) is 12.5. The van der Waals surface area contributed by atoms with Crippen molar-refractivity contribution in [1.29, 1.82) is 0 Å². The summed E-state index contributed by atoms with van der Waals surface area (Å²) < 4.78 is 28.4. The summed E-state index contributed by atoms with van der Waals surface area (Å²) in [4.78, 5) is 9.69. The molecular formula is C9H9N3O5S. The van der Waals surface area contributed by atoms with Gasteiger partial charge in [0.2, 0.25) is 0 Å². The van der Waals surface area contributed by atoms with Gasteiger partial charge < -0.3 is 5.43 Å². The highest BCUT2D eigenvalue weighted by Crippen LogP contribution is 2.18. The van der Waals surface area contributed by atoms with E-state index in [1.165, 1.54) is 12.3 Å². The predicted octanol–water partition coefficient (Wildman–Crippen LogP) is 0.248. The number of rotatable bonds is 4. The first-order valence-corrected chi connectivity index (χ1v) is 6.25. The highest BCUT2D eigenvalue weighted by Gasteiger charge is 2.22. The van der Waals surface area contributed by atoms with Crippen molar-refractivity contribution in [3.8, 4) is 0 Å². The Hall–Kier alpha value is -1.97. The van der Waals surface area contributed by atoms with Crippen LogP contribution in [0.1, 0.15) is 0 Å². The van der Waals surface area contributed by atoms with Crippen molar-refractivity contribution in [2.24, 2.45) is 0 Å². The predicted molar refractivity (Wildman–Crippen MR) is 60.6 cm³/mol. The summed E-state index contributed by atoms with van der Waals surface area (Å²) in [5.74, 6) is 0. The summed E-state index contributed by atoms with van der Waals surface area (Å²) in [6.45, 7) is 0. The molecule has 1 atom stereocenters. The topological polar surface area (TPSA) is 111 Å². The first-order chi connectivity index (χ1) is 8.49. The zero-order chi connectivity index (χ0) is 13.2. The van der Waals surface area contributed by atoms with E-state index in [9.17, 15) is 18.5 Å². The van der Waals surface area contributed by atoms with Gasteiger partial charge in [0.15, 0.2) is 6.23 Å². The molecule has 1 aromatic rings. The van der Waals surface area contributed by atoms with Gasteiger partial charge in [0.05, 0.1) is 9.82 Å². The quantitative estimate of drug-likeness (QED) is 0.458. The Labute approximate surface area is 103 Å². The highest BCUT2D eigenvalue weighted by molar-refractivity contribution is 7.86. The molecule has 1 heterocycles. The van der Waals surface area contributed by atoms with E-state index in [4.69, 9.17) is 4.18 Å². The lowest BCUT2D eigenvalue weighted by molar-refractivity contribution is -0.384. The van der Waals surface area contributed by atoms with Crippen molar-refractivity contribution < 1.29 is 17.5 Å². The molecule has 8 nitrogen and oxygen atoms in total. The van der Waals surface area contributed by atoms with Crippen LogP contribution in [-0.4, -0.2) is 19.6 Å². The number of nitro groups is 1. The van der Waals surface area contributed by atoms with Crippen LogP contribution in [0.15, 0.2) is 41.4 Å². The monoisotopic (exact) mass is 271 g/mol. The van der Waals surface area contributed by atoms with E-state index in [2.05, 4.69) is 10.9 Å². The first-order valence-electron chi connectivity index (χ1n) is 4.84.